The molecule has 1 saturated carbocycles. The lowest BCUT2D eigenvalue weighted by molar-refractivity contribution is -0.143. The molecule has 4 heteroatoms. The molecule has 4 nitrogen and oxygen atoms in total. The third kappa shape index (κ3) is 4.08. The van der Waals surface area contributed by atoms with Crippen molar-refractivity contribution in [3.63, 3.8) is 0 Å². The lowest BCUT2D eigenvalue weighted by atomic mass is 9.84. The summed E-state index contributed by atoms with van der Waals surface area (Å²) in [6.07, 6.45) is 1.65. The van der Waals surface area contributed by atoms with Crippen molar-refractivity contribution in [3.8, 4) is 0 Å². The second-order valence-electron chi connectivity index (χ2n) is 6.74. The van der Waals surface area contributed by atoms with E-state index in [-0.39, 0.29) is 11.8 Å². The van der Waals surface area contributed by atoms with Crippen molar-refractivity contribution < 1.29 is 19.8 Å². The van der Waals surface area contributed by atoms with Crippen LogP contribution in [0.1, 0.15) is 36.3 Å². The Bertz CT molecular complexity index is 687. The molecule has 0 saturated heterocycles. The minimum absolute atomic E-state index is 0.117. The summed E-state index contributed by atoms with van der Waals surface area (Å²) in [5, 5.41) is 18.6. The fraction of sp³-hybridized carbons (Fsp3) is 0.333. The van der Waals surface area contributed by atoms with Gasteiger partial charge in [-0.05, 0) is 36.3 Å². The van der Waals surface area contributed by atoms with Crippen molar-refractivity contribution in [2.24, 2.45) is 17.8 Å². The average molecular weight is 338 g/mol. The molecule has 1 fully saturated rings. The molecule has 2 N–H and O–H groups in total. The SMILES string of the molecule is O=C(O)C(CCC(c1ccccc1)c1ccccc1)C1CC1C(=O)O. The molecule has 0 radical (unpaired) electrons. The Hall–Kier alpha value is -2.62. The van der Waals surface area contributed by atoms with E-state index in [1.807, 2.05) is 36.4 Å². The third-order valence-corrected chi connectivity index (χ3v) is 5.16. The van der Waals surface area contributed by atoms with Crippen LogP contribution in [-0.2, 0) is 9.59 Å². The van der Waals surface area contributed by atoms with E-state index in [0.717, 1.165) is 11.1 Å². The van der Waals surface area contributed by atoms with Crippen LogP contribution in [-0.4, -0.2) is 22.2 Å². The monoisotopic (exact) mass is 338 g/mol. The molecule has 2 aromatic carbocycles. The minimum Gasteiger partial charge on any atom is -0.481 e. The first-order valence-electron chi connectivity index (χ1n) is 8.63. The van der Waals surface area contributed by atoms with E-state index in [2.05, 4.69) is 24.3 Å². The summed E-state index contributed by atoms with van der Waals surface area (Å²) in [4.78, 5) is 22.7. The van der Waals surface area contributed by atoms with Gasteiger partial charge in [-0.1, -0.05) is 60.7 Å². The van der Waals surface area contributed by atoms with Gasteiger partial charge < -0.3 is 10.2 Å². The van der Waals surface area contributed by atoms with Gasteiger partial charge in [0.25, 0.3) is 0 Å². The highest BCUT2D eigenvalue weighted by molar-refractivity contribution is 5.77. The molecule has 0 bridgehead atoms. The van der Waals surface area contributed by atoms with E-state index in [4.69, 9.17) is 5.11 Å². The first kappa shape index (κ1) is 17.2. The molecule has 3 atom stereocenters. The summed E-state index contributed by atoms with van der Waals surface area (Å²) < 4.78 is 0. The second kappa shape index (κ2) is 7.51. The minimum atomic E-state index is -0.881. The second-order valence-corrected chi connectivity index (χ2v) is 6.74. The van der Waals surface area contributed by atoms with Gasteiger partial charge in [-0.3, -0.25) is 9.59 Å². The van der Waals surface area contributed by atoms with Gasteiger partial charge in [0.2, 0.25) is 0 Å². The number of carboxylic acids is 2. The van der Waals surface area contributed by atoms with Gasteiger partial charge in [0.15, 0.2) is 0 Å². The summed E-state index contributed by atoms with van der Waals surface area (Å²) in [5.74, 6) is -2.95. The highest BCUT2D eigenvalue weighted by atomic mass is 16.4. The number of aliphatic carboxylic acids is 2. The van der Waals surface area contributed by atoms with Crippen LogP contribution in [0.4, 0.5) is 0 Å². The van der Waals surface area contributed by atoms with Gasteiger partial charge in [0, 0.05) is 5.92 Å². The van der Waals surface area contributed by atoms with Crippen molar-refractivity contribution in [2.45, 2.75) is 25.2 Å². The zero-order valence-corrected chi connectivity index (χ0v) is 13.9. The largest absolute Gasteiger partial charge is 0.481 e. The molecule has 1 aliphatic rings. The summed E-state index contributed by atoms with van der Waals surface area (Å²) >= 11 is 0. The molecule has 2 aromatic rings. The van der Waals surface area contributed by atoms with Gasteiger partial charge >= 0.3 is 11.9 Å². The summed E-state index contributed by atoms with van der Waals surface area (Å²) in [7, 11) is 0. The smallest absolute Gasteiger partial charge is 0.306 e. The van der Waals surface area contributed by atoms with E-state index in [0.29, 0.717) is 19.3 Å². The van der Waals surface area contributed by atoms with Crippen LogP contribution in [0, 0.1) is 17.8 Å². The van der Waals surface area contributed by atoms with Crippen molar-refractivity contribution in [1.29, 1.82) is 0 Å². The number of carboxylic acid groups (broad SMARTS) is 2. The van der Waals surface area contributed by atoms with Crippen LogP contribution in [0.3, 0.4) is 0 Å². The molecule has 0 heterocycles. The highest BCUT2D eigenvalue weighted by Crippen LogP contribution is 2.47. The zero-order valence-electron chi connectivity index (χ0n) is 13.9. The Labute approximate surface area is 147 Å². The molecular formula is C21H22O4. The Morgan fingerprint density at radius 2 is 1.40 bits per heavy atom. The lowest BCUT2D eigenvalue weighted by Crippen LogP contribution is -2.19. The number of benzene rings is 2. The lowest BCUT2D eigenvalue weighted by Gasteiger charge is -2.20. The zero-order chi connectivity index (χ0) is 17.8. The molecule has 130 valence electrons. The van der Waals surface area contributed by atoms with Gasteiger partial charge in [0.05, 0.1) is 11.8 Å². The van der Waals surface area contributed by atoms with E-state index in [9.17, 15) is 14.7 Å². The molecule has 0 amide bonds. The summed E-state index contributed by atoms with van der Waals surface area (Å²) in [6, 6.07) is 20.1. The van der Waals surface area contributed by atoms with Crippen LogP contribution in [0.25, 0.3) is 0 Å². The quantitative estimate of drug-likeness (QED) is 0.762. The molecule has 0 aromatic heterocycles. The van der Waals surface area contributed by atoms with Crippen LogP contribution in [0.2, 0.25) is 0 Å². The van der Waals surface area contributed by atoms with Gasteiger partial charge in [-0.25, -0.2) is 0 Å². The summed E-state index contributed by atoms with van der Waals surface area (Å²) in [5.41, 5.74) is 2.31. The third-order valence-electron chi connectivity index (χ3n) is 5.16. The van der Waals surface area contributed by atoms with Crippen molar-refractivity contribution in [1.82, 2.24) is 0 Å². The fourth-order valence-corrected chi connectivity index (χ4v) is 3.71. The van der Waals surface area contributed by atoms with E-state index in [1.54, 1.807) is 0 Å². The Kier molecular flexibility index (Phi) is 5.17. The van der Waals surface area contributed by atoms with Crippen LogP contribution >= 0.6 is 0 Å². The maximum atomic E-state index is 11.6. The molecule has 25 heavy (non-hydrogen) atoms. The molecule has 0 aliphatic heterocycles. The molecule has 3 unspecified atom stereocenters. The van der Waals surface area contributed by atoms with E-state index in [1.165, 1.54) is 0 Å². The summed E-state index contributed by atoms with van der Waals surface area (Å²) in [6.45, 7) is 0. The van der Waals surface area contributed by atoms with Crippen LogP contribution in [0.5, 0.6) is 0 Å². The van der Waals surface area contributed by atoms with Gasteiger partial charge in [-0.15, -0.1) is 0 Å². The maximum absolute atomic E-state index is 11.6. The number of carbonyl (C=O) groups is 2. The van der Waals surface area contributed by atoms with E-state index >= 15 is 0 Å². The normalized spacial score (nSPS) is 20.2. The predicted octanol–water partition coefficient (Wildman–Crippen LogP) is 4.02. The Balaban J connectivity index is 1.76. The topological polar surface area (TPSA) is 74.6 Å². The number of rotatable bonds is 8. The first-order valence-corrected chi connectivity index (χ1v) is 8.63. The van der Waals surface area contributed by atoms with Crippen molar-refractivity contribution in [2.75, 3.05) is 0 Å². The van der Waals surface area contributed by atoms with Gasteiger partial charge in [0.1, 0.15) is 0 Å². The van der Waals surface area contributed by atoms with Crippen molar-refractivity contribution >= 4 is 11.9 Å². The standard InChI is InChI=1S/C21H22O4/c22-20(23)17(18-13-19(18)21(24)25)12-11-16(14-7-3-1-4-8-14)15-9-5-2-6-10-15/h1-10,16-19H,11-13H2,(H,22,23)(H,24,25). The van der Waals surface area contributed by atoms with E-state index < -0.39 is 23.8 Å². The molecular weight excluding hydrogens is 316 g/mol. The number of hydrogen-bond acceptors (Lipinski definition) is 2. The first-order chi connectivity index (χ1) is 12.1. The van der Waals surface area contributed by atoms with Crippen LogP contribution in [0.15, 0.2) is 60.7 Å². The van der Waals surface area contributed by atoms with Gasteiger partial charge in [-0.2, -0.15) is 0 Å². The Morgan fingerprint density at radius 3 is 1.80 bits per heavy atom. The number of hydrogen-bond donors (Lipinski definition) is 2. The predicted molar refractivity (Wildman–Crippen MR) is 94.3 cm³/mol. The van der Waals surface area contributed by atoms with Crippen molar-refractivity contribution in [3.05, 3.63) is 71.8 Å². The average Bonchev–Trinajstić information content (AvgIpc) is 3.40. The molecule has 0 spiro atoms. The van der Waals surface area contributed by atoms with Crippen LogP contribution < -0.4 is 0 Å². The molecule has 3 rings (SSSR count). The Morgan fingerprint density at radius 1 is 0.880 bits per heavy atom. The maximum Gasteiger partial charge on any atom is 0.306 e. The highest BCUT2D eigenvalue weighted by Gasteiger charge is 2.50. The fourth-order valence-electron chi connectivity index (χ4n) is 3.71. The molecule has 1 aliphatic carbocycles.